The van der Waals surface area contributed by atoms with Crippen LogP contribution in [0.15, 0.2) is 24.5 Å². The molecular weight excluding hydrogens is 298 g/mol. The van der Waals surface area contributed by atoms with Crippen molar-refractivity contribution in [3.8, 4) is 0 Å². The highest BCUT2D eigenvalue weighted by Crippen LogP contribution is 2.09. The number of aromatic nitrogens is 2. The van der Waals surface area contributed by atoms with Crippen LogP contribution in [0.25, 0.3) is 5.65 Å². The Morgan fingerprint density at radius 3 is 3.09 bits per heavy atom. The zero-order chi connectivity index (χ0) is 16.4. The first kappa shape index (κ1) is 15.5. The van der Waals surface area contributed by atoms with Gasteiger partial charge in [-0.2, -0.15) is 0 Å². The molecule has 3 heterocycles. The SMILES string of the molecule is Cc1ccn2cc(C(=O)OCC(=O)N3CCOC(C)C3)nc2c1. The summed E-state index contributed by atoms with van der Waals surface area (Å²) in [5.74, 6) is -0.811. The van der Waals surface area contributed by atoms with Crippen molar-refractivity contribution in [2.45, 2.75) is 20.0 Å². The molecule has 3 rings (SSSR count). The van der Waals surface area contributed by atoms with Crippen LogP contribution in [0.5, 0.6) is 0 Å². The monoisotopic (exact) mass is 317 g/mol. The number of carbonyl (C=O) groups excluding carboxylic acids is 2. The van der Waals surface area contributed by atoms with Crippen LogP contribution >= 0.6 is 0 Å². The molecule has 0 radical (unpaired) electrons. The summed E-state index contributed by atoms with van der Waals surface area (Å²) >= 11 is 0. The first-order chi connectivity index (χ1) is 11.0. The van der Waals surface area contributed by atoms with Crippen molar-refractivity contribution in [2.24, 2.45) is 0 Å². The fraction of sp³-hybridized carbons (Fsp3) is 0.438. The fourth-order valence-corrected chi connectivity index (χ4v) is 2.52. The lowest BCUT2D eigenvalue weighted by Crippen LogP contribution is -2.46. The number of morpholine rings is 1. The molecule has 1 aliphatic rings. The van der Waals surface area contributed by atoms with Gasteiger partial charge < -0.3 is 18.8 Å². The number of carbonyl (C=O) groups is 2. The van der Waals surface area contributed by atoms with E-state index in [1.165, 1.54) is 0 Å². The average molecular weight is 317 g/mol. The van der Waals surface area contributed by atoms with Crippen molar-refractivity contribution in [3.05, 3.63) is 35.8 Å². The number of nitrogens with zero attached hydrogens (tertiary/aromatic N) is 3. The molecule has 0 aliphatic carbocycles. The minimum absolute atomic E-state index is 0.00470. The van der Waals surface area contributed by atoms with E-state index in [-0.39, 0.29) is 24.3 Å². The number of rotatable bonds is 3. The molecule has 1 unspecified atom stereocenters. The van der Waals surface area contributed by atoms with Gasteiger partial charge in [-0.3, -0.25) is 4.79 Å². The quantitative estimate of drug-likeness (QED) is 0.791. The third-order valence-electron chi connectivity index (χ3n) is 3.75. The van der Waals surface area contributed by atoms with Crippen LogP contribution in [-0.4, -0.2) is 58.6 Å². The number of esters is 1. The smallest absolute Gasteiger partial charge is 0.359 e. The largest absolute Gasteiger partial charge is 0.451 e. The van der Waals surface area contributed by atoms with Gasteiger partial charge in [0.15, 0.2) is 12.3 Å². The maximum absolute atomic E-state index is 12.1. The molecule has 2 aromatic heterocycles. The highest BCUT2D eigenvalue weighted by Gasteiger charge is 2.23. The zero-order valence-electron chi connectivity index (χ0n) is 13.2. The molecule has 122 valence electrons. The molecule has 0 aromatic carbocycles. The first-order valence-corrected chi connectivity index (χ1v) is 7.55. The van der Waals surface area contributed by atoms with Crippen LogP contribution in [0.2, 0.25) is 0 Å². The van der Waals surface area contributed by atoms with Gasteiger partial charge in [-0.05, 0) is 31.5 Å². The number of hydrogen-bond acceptors (Lipinski definition) is 5. The molecule has 0 N–H and O–H groups in total. The Morgan fingerprint density at radius 2 is 2.30 bits per heavy atom. The second-order valence-corrected chi connectivity index (χ2v) is 5.69. The van der Waals surface area contributed by atoms with Crippen molar-refractivity contribution >= 4 is 17.5 Å². The van der Waals surface area contributed by atoms with Crippen LogP contribution in [0.3, 0.4) is 0 Å². The van der Waals surface area contributed by atoms with Crippen molar-refractivity contribution in [1.82, 2.24) is 14.3 Å². The van der Waals surface area contributed by atoms with Gasteiger partial charge in [0.25, 0.3) is 5.91 Å². The Kier molecular flexibility index (Phi) is 4.29. The molecule has 1 amide bonds. The normalized spacial score (nSPS) is 18.2. The third kappa shape index (κ3) is 3.50. The molecule has 7 nitrogen and oxygen atoms in total. The lowest BCUT2D eigenvalue weighted by Gasteiger charge is -2.30. The summed E-state index contributed by atoms with van der Waals surface area (Å²) in [6.45, 7) is 5.13. The first-order valence-electron chi connectivity index (χ1n) is 7.55. The van der Waals surface area contributed by atoms with Crippen LogP contribution in [0, 0.1) is 6.92 Å². The van der Waals surface area contributed by atoms with Gasteiger partial charge in [-0.15, -0.1) is 0 Å². The molecule has 0 spiro atoms. The minimum Gasteiger partial charge on any atom is -0.451 e. The maximum Gasteiger partial charge on any atom is 0.359 e. The molecule has 0 saturated carbocycles. The van der Waals surface area contributed by atoms with Crippen LogP contribution < -0.4 is 0 Å². The molecule has 0 bridgehead atoms. The summed E-state index contributed by atoms with van der Waals surface area (Å²) in [5, 5.41) is 0. The number of amides is 1. The highest BCUT2D eigenvalue weighted by atomic mass is 16.5. The van der Waals surface area contributed by atoms with E-state index >= 15 is 0 Å². The van der Waals surface area contributed by atoms with E-state index in [0.29, 0.717) is 25.3 Å². The van der Waals surface area contributed by atoms with Crippen LogP contribution in [0.4, 0.5) is 0 Å². The molecule has 2 aromatic rings. The predicted octanol–water partition coefficient (Wildman–Crippen LogP) is 1.05. The van der Waals surface area contributed by atoms with E-state index in [0.717, 1.165) is 5.56 Å². The summed E-state index contributed by atoms with van der Waals surface area (Å²) in [6, 6.07) is 3.80. The van der Waals surface area contributed by atoms with E-state index < -0.39 is 5.97 Å². The van der Waals surface area contributed by atoms with Gasteiger partial charge in [-0.1, -0.05) is 0 Å². The van der Waals surface area contributed by atoms with Gasteiger partial charge in [0.2, 0.25) is 0 Å². The molecule has 1 aliphatic heterocycles. The van der Waals surface area contributed by atoms with Crippen molar-refractivity contribution in [1.29, 1.82) is 0 Å². The van der Waals surface area contributed by atoms with E-state index in [1.54, 1.807) is 15.5 Å². The topological polar surface area (TPSA) is 73.1 Å². The summed E-state index contributed by atoms with van der Waals surface area (Å²) in [6.07, 6.45) is 3.43. The Bertz CT molecular complexity index is 740. The second kappa shape index (κ2) is 6.37. The number of pyridine rings is 1. The Hall–Kier alpha value is -2.41. The summed E-state index contributed by atoms with van der Waals surface area (Å²) < 4.78 is 12.2. The van der Waals surface area contributed by atoms with E-state index in [4.69, 9.17) is 9.47 Å². The standard InChI is InChI=1S/C16H19N3O4/c1-11-3-4-18-9-13(17-14(18)7-11)16(21)23-10-15(20)19-5-6-22-12(2)8-19/h3-4,7,9,12H,5-6,8,10H2,1-2H3. The Morgan fingerprint density at radius 1 is 1.48 bits per heavy atom. The summed E-state index contributed by atoms with van der Waals surface area (Å²) in [7, 11) is 0. The number of aryl methyl sites for hydroxylation is 1. The maximum atomic E-state index is 12.1. The molecular formula is C16H19N3O4. The molecule has 1 saturated heterocycles. The molecule has 23 heavy (non-hydrogen) atoms. The van der Waals surface area contributed by atoms with E-state index in [9.17, 15) is 9.59 Å². The van der Waals surface area contributed by atoms with Gasteiger partial charge in [0.05, 0.1) is 12.7 Å². The molecule has 1 fully saturated rings. The average Bonchev–Trinajstić information content (AvgIpc) is 2.95. The van der Waals surface area contributed by atoms with Crippen molar-refractivity contribution in [3.63, 3.8) is 0 Å². The lowest BCUT2D eigenvalue weighted by atomic mass is 10.3. The Balaban J connectivity index is 1.60. The Labute approximate surface area is 133 Å². The lowest BCUT2D eigenvalue weighted by molar-refractivity contribution is -0.141. The van der Waals surface area contributed by atoms with E-state index in [1.807, 2.05) is 32.2 Å². The number of imidazole rings is 1. The van der Waals surface area contributed by atoms with Gasteiger partial charge >= 0.3 is 5.97 Å². The fourth-order valence-electron chi connectivity index (χ4n) is 2.52. The molecule has 1 atom stereocenters. The zero-order valence-corrected chi connectivity index (χ0v) is 13.2. The van der Waals surface area contributed by atoms with Gasteiger partial charge in [-0.25, -0.2) is 9.78 Å². The number of ether oxygens (including phenoxy) is 2. The van der Waals surface area contributed by atoms with E-state index in [2.05, 4.69) is 4.98 Å². The summed E-state index contributed by atoms with van der Waals surface area (Å²) in [5.41, 5.74) is 1.92. The summed E-state index contributed by atoms with van der Waals surface area (Å²) in [4.78, 5) is 30.0. The number of fused-ring (bicyclic) bond motifs is 1. The third-order valence-corrected chi connectivity index (χ3v) is 3.75. The molecule has 7 heteroatoms. The van der Waals surface area contributed by atoms with Crippen LogP contribution in [0.1, 0.15) is 23.0 Å². The highest BCUT2D eigenvalue weighted by molar-refractivity contribution is 5.90. The van der Waals surface area contributed by atoms with Gasteiger partial charge in [0.1, 0.15) is 5.65 Å². The minimum atomic E-state index is -0.596. The number of hydrogen-bond donors (Lipinski definition) is 0. The second-order valence-electron chi connectivity index (χ2n) is 5.69. The van der Waals surface area contributed by atoms with Crippen molar-refractivity contribution < 1.29 is 19.1 Å². The van der Waals surface area contributed by atoms with Gasteiger partial charge in [0, 0.05) is 25.5 Å². The van der Waals surface area contributed by atoms with Crippen molar-refractivity contribution in [2.75, 3.05) is 26.3 Å². The van der Waals surface area contributed by atoms with Crippen LogP contribution in [-0.2, 0) is 14.3 Å². The predicted molar refractivity (Wildman–Crippen MR) is 82.2 cm³/mol.